The molecule has 9 heteroatoms. The van der Waals surface area contributed by atoms with Crippen LogP contribution in [0.1, 0.15) is 52.9 Å². The molecule has 0 atom stereocenters. The summed E-state index contributed by atoms with van der Waals surface area (Å²) in [6, 6.07) is 6.79. The lowest BCUT2D eigenvalue weighted by molar-refractivity contribution is -0.141. The molecule has 32 heavy (non-hydrogen) atoms. The fraction of sp³-hybridized carbons (Fsp3) is 0.609. The van der Waals surface area contributed by atoms with Crippen LogP contribution in [0, 0.1) is 11.3 Å². The molecule has 0 saturated heterocycles. The van der Waals surface area contributed by atoms with E-state index in [9.17, 15) is 14.4 Å². The summed E-state index contributed by atoms with van der Waals surface area (Å²) < 4.78 is 5.51. The maximum Gasteiger partial charge on any atom is 0.319 e. The third-order valence-corrected chi connectivity index (χ3v) is 5.56. The minimum Gasteiger partial charge on any atom is -0.492 e. The Morgan fingerprint density at radius 1 is 1.19 bits per heavy atom. The van der Waals surface area contributed by atoms with Crippen molar-refractivity contribution in [1.82, 2.24) is 15.7 Å². The van der Waals surface area contributed by atoms with Crippen molar-refractivity contribution in [2.75, 3.05) is 31.6 Å². The SMILES string of the molecule is CCOc1ccccc1NC(=O)NCC(C)(C)CC(=O)N(CC(=O)NO)CC1CCCC1. The van der Waals surface area contributed by atoms with Crippen molar-refractivity contribution in [3.05, 3.63) is 24.3 Å². The predicted octanol–water partition coefficient (Wildman–Crippen LogP) is 3.15. The Labute approximate surface area is 189 Å². The molecule has 1 fully saturated rings. The number of benzene rings is 1. The van der Waals surface area contributed by atoms with Crippen molar-refractivity contribution in [3.63, 3.8) is 0 Å². The zero-order chi connectivity index (χ0) is 23.6. The van der Waals surface area contributed by atoms with Crippen molar-refractivity contribution < 1.29 is 24.3 Å². The second kappa shape index (κ2) is 12.3. The Morgan fingerprint density at radius 3 is 2.53 bits per heavy atom. The topological polar surface area (TPSA) is 120 Å². The fourth-order valence-corrected chi connectivity index (χ4v) is 3.89. The van der Waals surface area contributed by atoms with Gasteiger partial charge in [-0.15, -0.1) is 0 Å². The number of hydrogen-bond acceptors (Lipinski definition) is 5. The largest absolute Gasteiger partial charge is 0.492 e. The van der Waals surface area contributed by atoms with Crippen LogP contribution in [0.25, 0.3) is 0 Å². The Kier molecular flexibility index (Phi) is 9.77. The Morgan fingerprint density at radius 2 is 1.88 bits per heavy atom. The first-order chi connectivity index (χ1) is 15.2. The van der Waals surface area contributed by atoms with Gasteiger partial charge in [-0.1, -0.05) is 38.8 Å². The summed E-state index contributed by atoms with van der Waals surface area (Å²) in [7, 11) is 0. The molecule has 4 amide bonds. The first-order valence-electron chi connectivity index (χ1n) is 11.2. The zero-order valence-corrected chi connectivity index (χ0v) is 19.3. The molecular formula is C23H36N4O5. The molecular weight excluding hydrogens is 412 g/mol. The molecule has 0 bridgehead atoms. The van der Waals surface area contributed by atoms with Gasteiger partial charge in [0.2, 0.25) is 5.91 Å². The lowest BCUT2D eigenvalue weighted by atomic mass is 9.88. The monoisotopic (exact) mass is 448 g/mol. The van der Waals surface area contributed by atoms with E-state index in [1.54, 1.807) is 17.6 Å². The normalized spacial score (nSPS) is 14.0. The minimum absolute atomic E-state index is 0.161. The van der Waals surface area contributed by atoms with Gasteiger partial charge in [0.25, 0.3) is 5.91 Å². The van der Waals surface area contributed by atoms with E-state index in [1.807, 2.05) is 32.9 Å². The van der Waals surface area contributed by atoms with Crippen molar-refractivity contribution in [1.29, 1.82) is 0 Å². The number of rotatable bonds is 11. The second-order valence-corrected chi connectivity index (χ2v) is 9.04. The van der Waals surface area contributed by atoms with Crippen molar-refractivity contribution in [3.8, 4) is 5.75 Å². The van der Waals surface area contributed by atoms with E-state index in [0.717, 1.165) is 25.7 Å². The van der Waals surface area contributed by atoms with E-state index in [0.29, 0.717) is 30.5 Å². The number of nitrogens with zero attached hydrogens (tertiary/aromatic N) is 1. The number of hydroxylamine groups is 1. The van der Waals surface area contributed by atoms with Crippen LogP contribution in [0.3, 0.4) is 0 Å². The average molecular weight is 449 g/mol. The summed E-state index contributed by atoms with van der Waals surface area (Å²) >= 11 is 0. The summed E-state index contributed by atoms with van der Waals surface area (Å²) in [6.07, 6.45) is 4.51. The van der Waals surface area contributed by atoms with Crippen molar-refractivity contribution >= 4 is 23.5 Å². The Balaban J connectivity index is 1.91. The molecule has 0 aliphatic heterocycles. The van der Waals surface area contributed by atoms with Crippen LogP contribution in [-0.2, 0) is 9.59 Å². The Hall–Kier alpha value is -2.81. The van der Waals surface area contributed by atoms with Gasteiger partial charge in [-0.25, -0.2) is 10.3 Å². The summed E-state index contributed by atoms with van der Waals surface area (Å²) in [5, 5.41) is 14.5. The lowest BCUT2D eigenvalue weighted by Crippen LogP contribution is -2.45. The number of carbonyl (C=O) groups excluding carboxylic acids is 3. The molecule has 2 rings (SSSR count). The molecule has 9 nitrogen and oxygen atoms in total. The van der Waals surface area contributed by atoms with Gasteiger partial charge in [-0.2, -0.15) is 0 Å². The lowest BCUT2D eigenvalue weighted by Gasteiger charge is -2.30. The number of amides is 4. The van der Waals surface area contributed by atoms with E-state index in [2.05, 4.69) is 10.6 Å². The quantitative estimate of drug-likeness (QED) is 0.306. The van der Waals surface area contributed by atoms with Crippen molar-refractivity contribution in [2.45, 2.75) is 52.9 Å². The van der Waals surface area contributed by atoms with Crippen LogP contribution in [0.15, 0.2) is 24.3 Å². The Bertz CT molecular complexity index is 777. The van der Waals surface area contributed by atoms with E-state index < -0.39 is 11.3 Å². The van der Waals surface area contributed by atoms with Crippen LogP contribution < -0.4 is 20.9 Å². The first-order valence-corrected chi connectivity index (χ1v) is 11.2. The van der Waals surface area contributed by atoms with Gasteiger partial charge in [0, 0.05) is 19.5 Å². The molecule has 0 unspecified atom stereocenters. The van der Waals surface area contributed by atoms with Gasteiger partial charge >= 0.3 is 6.03 Å². The average Bonchev–Trinajstić information content (AvgIpc) is 3.26. The first kappa shape index (κ1) is 25.5. The van der Waals surface area contributed by atoms with Gasteiger partial charge in [0.1, 0.15) is 12.3 Å². The highest BCUT2D eigenvalue weighted by Gasteiger charge is 2.29. The second-order valence-electron chi connectivity index (χ2n) is 9.04. The van der Waals surface area contributed by atoms with Gasteiger partial charge in [-0.05, 0) is 43.2 Å². The highest BCUT2D eigenvalue weighted by Crippen LogP contribution is 2.27. The number of urea groups is 1. The number of para-hydroxylation sites is 2. The van der Waals surface area contributed by atoms with Crippen LogP contribution >= 0.6 is 0 Å². The molecule has 0 aromatic heterocycles. The van der Waals surface area contributed by atoms with Gasteiger partial charge in [0.15, 0.2) is 0 Å². The van der Waals surface area contributed by atoms with Gasteiger partial charge in [0.05, 0.1) is 12.3 Å². The highest BCUT2D eigenvalue weighted by molar-refractivity contribution is 5.91. The molecule has 178 valence electrons. The molecule has 1 aromatic carbocycles. The molecule has 1 aromatic rings. The fourth-order valence-electron chi connectivity index (χ4n) is 3.89. The number of anilines is 1. The molecule has 1 aliphatic carbocycles. The maximum atomic E-state index is 13.0. The molecule has 4 N–H and O–H groups in total. The zero-order valence-electron chi connectivity index (χ0n) is 19.3. The summed E-state index contributed by atoms with van der Waals surface area (Å²) in [4.78, 5) is 38.6. The van der Waals surface area contributed by atoms with Gasteiger partial charge < -0.3 is 20.3 Å². The summed E-state index contributed by atoms with van der Waals surface area (Å²) in [5.74, 6) is 0.182. The number of ether oxygens (including phenoxy) is 1. The van der Waals surface area contributed by atoms with E-state index in [1.165, 1.54) is 4.90 Å². The summed E-state index contributed by atoms with van der Waals surface area (Å²) in [6.45, 7) is 6.73. The van der Waals surface area contributed by atoms with Crippen LogP contribution in [0.2, 0.25) is 0 Å². The van der Waals surface area contributed by atoms with E-state index in [-0.39, 0.29) is 31.4 Å². The number of hydrogen-bond donors (Lipinski definition) is 4. The molecule has 0 heterocycles. The summed E-state index contributed by atoms with van der Waals surface area (Å²) in [5.41, 5.74) is 1.64. The molecule has 0 radical (unpaired) electrons. The predicted molar refractivity (Wildman–Crippen MR) is 121 cm³/mol. The third kappa shape index (κ3) is 8.37. The number of carbonyl (C=O) groups is 3. The molecule has 1 saturated carbocycles. The van der Waals surface area contributed by atoms with E-state index >= 15 is 0 Å². The highest BCUT2D eigenvalue weighted by atomic mass is 16.5. The smallest absolute Gasteiger partial charge is 0.319 e. The molecule has 0 spiro atoms. The van der Waals surface area contributed by atoms with E-state index in [4.69, 9.17) is 9.94 Å². The third-order valence-electron chi connectivity index (χ3n) is 5.56. The molecule has 1 aliphatic rings. The van der Waals surface area contributed by atoms with Gasteiger partial charge in [-0.3, -0.25) is 14.8 Å². The van der Waals surface area contributed by atoms with Crippen LogP contribution in [-0.4, -0.2) is 54.2 Å². The standard InChI is InChI=1S/C23H36N4O5/c1-4-32-19-12-8-7-11-18(19)25-22(30)24-16-23(2,3)13-21(29)27(15-20(28)26-31)14-17-9-5-6-10-17/h7-8,11-12,17,31H,4-6,9-10,13-16H2,1-3H3,(H,26,28)(H2,24,25,30). The van der Waals surface area contributed by atoms with Crippen LogP contribution in [0.4, 0.5) is 10.5 Å². The van der Waals surface area contributed by atoms with Crippen molar-refractivity contribution in [2.24, 2.45) is 11.3 Å². The van der Waals surface area contributed by atoms with Crippen LogP contribution in [0.5, 0.6) is 5.75 Å². The minimum atomic E-state index is -0.611. The number of nitrogens with one attached hydrogen (secondary N) is 3. The maximum absolute atomic E-state index is 13.0.